The highest BCUT2D eigenvalue weighted by molar-refractivity contribution is 9.10. The van der Waals surface area contributed by atoms with Gasteiger partial charge in [-0.05, 0) is 62.2 Å². The maximum Gasteiger partial charge on any atom is 0.139 e. The Hall–Kier alpha value is -0.940. The van der Waals surface area contributed by atoms with E-state index < -0.39 is 0 Å². The molecule has 1 aromatic carbocycles. The van der Waals surface area contributed by atoms with Crippen LogP contribution >= 0.6 is 31.9 Å². The minimum atomic E-state index is -0.279. The van der Waals surface area contributed by atoms with E-state index in [1.54, 1.807) is 12.3 Å². The van der Waals surface area contributed by atoms with E-state index in [-0.39, 0.29) is 5.82 Å². The highest BCUT2D eigenvalue weighted by Crippen LogP contribution is 2.19. The van der Waals surface area contributed by atoms with E-state index >= 15 is 0 Å². The number of benzene rings is 1. The van der Waals surface area contributed by atoms with Crippen LogP contribution in [0.25, 0.3) is 0 Å². The molecule has 5 heteroatoms. The average Bonchev–Trinajstić information content (AvgIpc) is 2.33. The first kappa shape index (κ1) is 12.5. The molecule has 17 heavy (non-hydrogen) atoms. The van der Waals surface area contributed by atoms with Gasteiger partial charge in [-0.15, -0.1) is 0 Å². The lowest BCUT2D eigenvalue weighted by Gasteiger charge is -2.06. The number of nitrogens with one attached hydrogen (secondary N) is 1. The molecule has 0 atom stereocenters. The second-order valence-corrected chi connectivity index (χ2v) is 5.22. The second kappa shape index (κ2) is 5.60. The summed E-state index contributed by atoms with van der Waals surface area (Å²) in [7, 11) is 0. The molecule has 0 aliphatic carbocycles. The largest absolute Gasteiger partial charge is 0.379 e. The topological polar surface area (TPSA) is 24.9 Å². The summed E-state index contributed by atoms with van der Waals surface area (Å²) in [5.41, 5.74) is 1.63. The Bertz CT molecular complexity index is 514. The molecule has 0 bridgehead atoms. The number of aromatic nitrogens is 1. The molecule has 1 heterocycles. The molecule has 0 unspecified atom stereocenters. The lowest BCUT2D eigenvalue weighted by molar-refractivity contribution is 0.621. The normalized spacial score (nSPS) is 10.3. The highest BCUT2D eigenvalue weighted by atomic mass is 79.9. The third-order valence-corrected chi connectivity index (χ3v) is 3.29. The Morgan fingerprint density at radius 2 is 2.00 bits per heavy atom. The number of pyridine rings is 1. The summed E-state index contributed by atoms with van der Waals surface area (Å²) in [6.07, 6.45) is 1.74. The van der Waals surface area contributed by atoms with Gasteiger partial charge in [0.1, 0.15) is 5.82 Å². The quantitative estimate of drug-likeness (QED) is 0.880. The van der Waals surface area contributed by atoms with Gasteiger partial charge in [0.05, 0.1) is 16.7 Å². The summed E-state index contributed by atoms with van der Waals surface area (Å²) in [6, 6.07) is 8.76. The Balaban J connectivity index is 2.02. The van der Waals surface area contributed by atoms with Crippen LogP contribution in [-0.4, -0.2) is 4.98 Å². The van der Waals surface area contributed by atoms with Crippen molar-refractivity contribution in [3.63, 3.8) is 0 Å². The molecule has 0 aliphatic rings. The molecular weight excluding hydrogens is 351 g/mol. The van der Waals surface area contributed by atoms with Crippen LogP contribution in [0.5, 0.6) is 0 Å². The Kier molecular flexibility index (Phi) is 4.12. The van der Waals surface area contributed by atoms with Crippen LogP contribution in [0.15, 0.2) is 45.5 Å². The summed E-state index contributed by atoms with van der Waals surface area (Å²) >= 11 is 6.43. The van der Waals surface area contributed by atoms with Crippen molar-refractivity contribution in [1.82, 2.24) is 4.98 Å². The van der Waals surface area contributed by atoms with Crippen LogP contribution in [0.4, 0.5) is 10.1 Å². The molecule has 88 valence electrons. The molecule has 0 saturated heterocycles. The summed E-state index contributed by atoms with van der Waals surface area (Å²) in [6.45, 7) is 0.564. The summed E-state index contributed by atoms with van der Waals surface area (Å²) < 4.78 is 14.7. The van der Waals surface area contributed by atoms with Crippen LogP contribution in [0.1, 0.15) is 5.69 Å². The number of anilines is 1. The zero-order valence-electron chi connectivity index (χ0n) is 8.75. The number of halogens is 3. The lowest BCUT2D eigenvalue weighted by atomic mass is 10.3. The fourth-order valence-electron chi connectivity index (χ4n) is 1.31. The van der Waals surface area contributed by atoms with Gasteiger partial charge in [0.25, 0.3) is 0 Å². The van der Waals surface area contributed by atoms with E-state index in [0.29, 0.717) is 11.0 Å². The minimum Gasteiger partial charge on any atom is -0.379 e. The first-order chi connectivity index (χ1) is 8.15. The minimum absolute atomic E-state index is 0.279. The van der Waals surface area contributed by atoms with Crippen molar-refractivity contribution < 1.29 is 4.39 Å². The predicted molar refractivity (Wildman–Crippen MR) is 73.4 cm³/mol. The van der Waals surface area contributed by atoms with Gasteiger partial charge in [-0.2, -0.15) is 0 Å². The van der Waals surface area contributed by atoms with Crippen molar-refractivity contribution in [2.75, 3.05) is 5.32 Å². The fourth-order valence-corrected chi connectivity index (χ4v) is 1.79. The number of hydrogen-bond donors (Lipinski definition) is 1. The number of nitrogens with zero attached hydrogens (tertiary/aromatic N) is 1. The molecule has 0 fully saturated rings. The first-order valence-electron chi connectivity index (χ1n) is 4.94. The first-order valence-corrected chi connectivity index (χ1v) is 6.53. The maximum atomic E-state index is 13.2. The molecule has 0 saturated carbocycles. The van der Waals surface area contributed by atoms with Crippen molar-refractivity contribution in [1.29, 1.82) is 0 Å². The zero-order chi connectivity index (χ0) is 12.3. The van der Waals surface area contributed by atoms with Gasteiger partial charge in [-0.1, -0.05) is 0 Å². The van der Waals surface area contributed by atoms with E-state index in [2.05, 4.69) is 42.2 Å². The van der Waals surface area contributed by atoms with E-state index in [4.69, 9.17) is 0 Å². The number of hydrogen-bond acceptors (Lipinski definition) is 2. The zero-order valence-corrected chi connectivity index (χ0v) is 11.9. The Morgan fingerprint density at radius 3 is 2.65 bits per heavy atom. The average molecular weight is 360 g/mol. The van der Waals surface area contributed by atoms with Crippen LogP contribution < -0.4 is 5.32 Å². The van der Waals surface area contributed by atoms with Gasteiger partial charge in [0, 0.05) is 16.4 Å². The molecule has 2 aromatic rings. The fraction of sp³-hybridized carbons (Fsp3) is 0.0833. The monoisotopic (exact) mass is 358 g/mol. The standard InChI is InChI=1S/C12H9Br2FN2/c13-8-1-2-10(16-6-8)7-17-9-3-4-11(14)12(15)5-9/h1-6,17H,7H2. The Morgan fingerprint density at radius 1 is 1.18 bits per heavy atom. The van der Waals surface area contributed by atoms with Crippen molar-refractivity contribution in [3.05, 3.63) is 57.0 Å². The molecule has 1 N–H and O–H groups in total. The van der Waals surface area contributed by atoms with Gasteiger partial charge in [-0.3, -0.25) is 4.98 Å². The van der Waals surface area contributed by atoms with Crippen LogP contribution in [0.3, 0.4) is 0 Å². The summed E-state index contributed by atoms with van der Waals surface area (Å²) in [5.74, 6) is -0.279. The molecule has 0 aliphatic heterocycles. The van der Waals surface area contributed by atoms with E-state index in [1.807, 2.05) is 18.2 Å². The number of rotatable bonds is 3. The van der Waals surface area contributed by atoms with Crippen LogP contribution in [0.2, 0.25) is 0 Å². The molecule has 0 amide bonds. The highest BCUT2D eigenvalue weighted by Gasteiger charge is 2.00. The summed E-state index contributed by atoms with van der Waals surface area (Å²) in [5, 5.41) is 3.11. The summed E-state index contributed by atoms with van der Waals surface area (Å²) in [4.78, 5) is 4.22. The Labute approximate surface area is 116 Å². The van der Waals surface area contributed by atoms with Crippen molar-refractivity contribution in [2.45, 2.75) is 6.54 Å². The maximum absolute atomic E-state index is 13.2. The molecule has 2 rings (SSSR count). The predicted octanol–water partition coefficient (Wildman–Crippen LogP) is 4.36. The molecule has 2 nitrogen and oxygen atoms in total. The molecule has 1 aromatic heterocycles. The lowest BCUT2D eigenvalue weighted by Crippen LogP contribution is -2.01. The van der Waals surface area contributed by atoms with E-state index in [9.17, 15) is 4.39 Å². The van der Waals surface area contributed by atoms with Gasteiger partial charge >= 0.3 is 0 Å². The van der Waals surface area contributed by atoms with Gasteiger partial charge in [0.2, 0.25) is 0 Å². The van der Waals surface area contributed by atoms with Gasteiger partial charge in [-0.25, -0.2) is 4.39 Å². The molecule has 0 radical (unpaired) electrons. The third kappa shape index (κ3) is 3.51. The van der Waals surface area contributed by atoms with Gasteiger partial charge < -0.3 is 5.32 Å². The second-order valence-electron chi connectivity index (χ2n) is 3.45. The van der Waals surface area contributed by atoms with E-state index in [1.165, 1.54) is 6.07 Å². The SMILES string of the molecule is Fc1cc(NCc2ccc(Br)cn2)ccc1Br. The van der Waals surface area contributed by atoms with Crippen molar-refractivity contribution in [2.24, 2.45) is 0 Å². The smallest absolute Gasteiger partial charge is 0.139 e. The molecular formula is C12H9Br2FN2. The molecule has 0 spiro atoms. The van der Waals surface area contributed by atoms with Crippen LogP contribution in [0, 0.1) is 5.82 Å². The van der Waals surface area contributed by atoms with Crippen molar-refractivity contribution >= 4 is 37.5 Å². The van der Waals surface area contributed by atoms with Crippen molar-refractivity contribution in [3.8, 4) is 0 Å². The van der Waals surface area contributed by atoms with Crippen LogP contribution in [-0.2, 0) is 6.54 Å². The van der Waals surface area contributed by atoms with E-state index in [0.717, 1.165) is 15.9 Å². The van der Waals surface area contributed by atoms with Gasteiger partial charge in [0.15, 0.2) is 0 Å². The third-order valence-electron chi connectivity index (χ3n) is 2.18.